The highest BCUT2D eigenvalue weighted by atomic mass is 16.6. The first-order chi connectivity index (χ1) is 8.68. The Labute approximate surface area is 105 Å². The van der Waals surface area contributed by atoms with Crippen LogP contribution in [0.25, 0.3) is 0 Å². The number of nitro benzene ring substituents is 1. The van der Waals surface area contributed by atoms with Gasteiger partial charge >= 0.3 is 0 Å². The number of benzene rings is 1. The molecule has 6 nitrogen and oxygen atoms in total. The van der Waals surface area contributed by atoms with Gasteiger partial charge in [0.2, 0.25) is 0 Å². The minimum absolute atomic E-state index is 0.00240. The molecule has 1 fully saturated rings. The maximum atomic E-state index is 10.8. The summed E-state index contributed by atoms with van der Waals surface area (Å²) in [5.74, 6) is 0. The normalized spacial score (nSPS) is 19.5. The van der Waals surface area contributed by atoms with Gasteiger partial charge in [-0.05, 0) is 13.0 Å². The van der Waals surface area contributed by atoms with Crippen molar-refractivity contribution in [3.63, 3.8) is 0 Å². The average molecular weight is 252 g/mol. The molecule has 1 aromatic carbocycles. The van der Waals surface area contributed by atoms with Crippen LogP contribution in [-0.4, -0.2) is 37.4 Å². The summed E-state index contributed by atoms with van der Waals surface area (Å²) < 4.78 is 10.8. The van der Waals surface area contributed by atoms with E-state index in [1.165, 1.54) is 6.07 Å². The number of ether oxygens (including phenoxy) is 2. The van der Waals surface area contributed by atoms with E-state index in [0.29, 0.717) is 31.9 Å². The molecule has 1 N–H and O–H groups in total. The van der Waals surface area contributed by atoms with Crippen LogP contribution in [0.3, 0.4) is 0 Å². The molecule has 18 heavy (non-hydrogen) atoms. The smallest absolute Gasteiger partial charge is 0.274 e. The molecule has 1 saturated heterocycles. The molecule has 2 rings (SSSR count). The highest BCUT2D eigenvalue weighted by molar-refractivity contribution is 5.59. The molecule has 1 atom stereocenters. The van der Waals surface area contributed by atoms with Gasteiger partial charge in [0.25, 0.3) is 5.69 Å². The zero-order valence-electron chi connectivity index (χ0n) is 10.2. The van der Waals surface area contributed by atoms with Crippen LogP contribution in [-0.2, 0) is 9.47 Å². The van der Waals surface area contributed by atoms with Gasteiger partial charge in [0, 0.05) is 23.9 Å². The third-order valence-corrected chi connectivity index (χ3v) is 2.91. The molecule has 0 amide bonds. The van der Waals surface area contributed by atoms with Crippen LogP contribution in [0.2, 0.25) is 0 Å². The molecule has 1 aliphatic rings. The van der Waals surface area contributed by atoms with Crippen LogP contribution in [0.1, 0.15) is 5.56 Å². The molecule has 1 aliphatic heterocycles. The number of hydrogen-bond acceptors (Lipinski definition) is 5. The van der Waals surface area contributed by atoms with E-state index in [1.54, 1.807) is 13.0 Å². The van der Waals surface area contributed by atoms with Gasteiger partial charge in [0.05, 0.1) is 30.8 Å². The van der Waals surface area contributed by atoms with Gasteiger partial charge in [-0.15, -0.1) is 0 Å². The van der Waals surface area contributed by atoms with Crippen LogP contribution in [0, 0.1) is 17.0 Å². The molecule has 0 aliphatic carbocycles. The number of hydrogen-bond donors (Lipinski definition) is 1. The Kier molecular flexibility index (Phi) is 4.11. The van der Waals surface area contributed by atoms with Gasteiger partial charge in [-0.2, -0.15) is 0 Å². The fourth-order valence-electron chi connectivity index (χ4n) is 1.89. The molecule has 1 aromatic rings. The maximum absolute atomic E-state index is 10.8. The first-order valence-electron chi connectivity index (χ1n) is 5.85. The number of anilines is 1. The zero-order valence-corrected chi connectivity index (χ0v) is 10.2. The van der Waals surface area contributed by atoms with Crippen molar-refractivity contribution in [2.75, 3.05) is 31.7 Å². The van der Waals surface area contributed by atoms with Crippen LogP contribution in [0.15, 0.2) is 18.2 Å². The molecule has 0 radical (unpaired) electrons. The quantitative estimate of drug-likeness (QED) is 0.652. The highest BCUT2D eigenvalue weighted by Gasteiger charge is 2.16. The molecule has 0 saturated carbocycles. The van der Waals surface area contributed by atoms with Gasteiger partial charge in [-0.1, -0.05) is 6.07 Å². The molecular formula is C12H16N2O4. The van der Waals surface area contributed by atoms with E-state index in [2.05, 4.69) is 5.32 Å². The van der Waals surface area contributed by atoms with Crippen molar-refractivity contribution in [2.45, 2.75) is 13.0 Å². The SMILES string of the molecule is Cc1c(NCC2COCCO2)cccc1[N+](=O)[O-]. The van der Waals surface area contributed by atoms with E-state index in [9.17, 15) is 10.1 Å². The summed E-state index contributed by atoms with van der Waals surface area (Å²) in [6, 6.07) is 5.00. The molecule has 0 aromatic heterocycles. The van der Waals surface area contributed by atoms with Gasteiger partial charge in [0.15, 0.2) is 0 Å². The molecule has 6 heteroatoms. The second-order valence-electron chi connectivity index (χ2n) is 4.16. The van der Waals surface area contributed by atoms with E-state index in [-0.39, 0.29) is 16.7 Å². The van der Waals surface area contributed by atoms with E-state index in [1.807, 2.05) is 6.07 Å². The van der Waals surface area contributed by atoms with Crippen molar-refractivity contribution in [1.29, 1.82) is 0 Å². The lowest BCUT2D eigenvalue weighted by Crippen LogP contribution is -2.34. The Morgan fingerprint density at radius 3 is 3.00 bits per heavy atom. The Morgan fingerprint density at radius 2 is 2.33 bits per heavy atom. The van der Waals surface area contributed by atoms with Gasteiger partial charge < -0.3 is 14.8 Å². The number of nitro groups is 1. The minimum atomic E-state index is -0.374. The first-order valence-corrected chi connectivity index (χ1v) is 5.85. The van der Waals surface area contributed by atoms with Gasteiger partial charge in [-0.25, -0.2) is 0 Å². The number of nitrogens with one attached hydrogen (secondary N) is 1. The lowest BCUT2D eigenvalue weighted by atomic mass is 10.1. The maximum Gasteiger partial charge on any atom is 0.274 e. The zero-order chi connectivity index (χ0) is 13.0. The Bertz CT molecular complexity index is 430. The largest absolute Gasteiger partial charge is 0.382 e. The summed E-state index contributed by atoms with van der Waals surface area (Å²) in [7, 11) is 0. The molecule has 0 spiro atoms. The Morgan fingerprint density at radius 1 is 1.50 bits per heavy atom. The van der Waals surface area contributed by atoms with E-state index >= 15 is 0 Å². The lowest BCUT2D eigenvalue weighted by Gasteiger charge is -2.23. The van der Waals surface area contributed by atoms with Gasteiger partial charge in [-0.3, -0.25) is 10.1 Å². The average Bonchev–Trinajstić information content (AvgIpc) is 2.38. The second kappa shape index (κ2) is 5.79. The summed E-state index contributed by atoms with van der Waals surface area (Å²) in [4.78, 5) is 10.4. The fraction of sp³-hybridized carbons (Fsp3) is 0.500. The second-order valence-corrected chi connectivity index (χ2v) is 4.16. The summed E-state index contributed by atoms with van der Waals surface area (Å²) in [6.45, 7) is 4.11. The topological polar surface area (TPSA) is 73.6 Å². The molecule has 0 bridgehead atoms. The molecule has 1 unspecified atom stereocenters. The van der Waals surface area contributed by atoms with Crippen molar-refractivity contribution in [3.8, 4) is 0 Å². The number of nitrogens with zero attached hydrogens (tertiary/aromatic N) is 1. The van der Waals surface area contributed by atoms with Crippen molar-refractivity contribution in [3.05, 3.63) is 33.9 Å². The molecule has 1 heterocycles. The highest BCUT2D eigenvalue weighted by Crippen LogP contribution is 2.25. The third kappa shape index (κ3) is 2.96. The minimum Gasteiger partial charge on any atom is -0.382 e. The monoisotopic (exact) mass is 252 g/mol. The standard InChI is InChI=1S/C12H16N2O4/c1-9-11(3-2-4-12(9)14(15)16)13-7-10-8-17-5-6-18-10/h2-4,10,13H,5-8H2,1H3. The van der Waals surface area contributed by atoms with Crippen LogP contribution in [0.5, 0.6) is 0 Å². The van der Waals surface area contributed by atoms with Crippen molar-refractivity contribution >= 4 is 11.4 Å². The molecular weight excluding hydrogens is 236 g/mol. The first kappa shape index (κ1) is 12.8. The van der Waals surface area contributed by atoms with E-state index < -0.39 is 0 Å². The number of rotatable bonds is 4. The fourth-order valence-corrected chi connectivity index (χ4v) is 1.89. The van der Waals surface area contributed by atoms with Crippen LogP contribution < -0.4 is 5.32 Å². The van der Waals surface area contributed by atoms with Gasteiger partial charge in [0.1, 0.15) is 0 Å². The summed E-state index contributed by atoms with van der Waals surface area (Å²) >= 11 is 0. The third-order valence-electron chi connectivity index (χ3n) is 2.91. The van der Waals surface area contributed by atoms with Crippen molar-refractivity contribution in [2.24, 2.45) is 0 Å². The van der Waals surface area contributed by atoms with E-state index in [4.69, 9.17) is 9.47 Å². The van der Waals surface area contributed by atoms with Crippen molar-refractivity contribution in [1.82, 2.24) is 0 Å². The Balaban J connectivity index is 2.00. The summed E-state index contributed by atoms with van der Waals surface area (Å²) in [6.07, 6.45) is -0.00240. The lowest BCUT2D eigenvalue weighted by molar-refractivity contribution is -0.385. The van der Waals surface area contributed by atoms with Crippen LogP contribution in [0.4, 0.5) is 11.4 Å². The van der Waals surface area contributed by atoms with Crippen LogP contribution >= 0.6 is 0 Å². The summed E-state index contributed by atoms with van der Waals surface area (Å²) in [5.41, 5.74) is 1.53. The summed E-state index contributed by atoms with van der Waals surface area (Å²) in [5, 5.41) is 14.0. The molecule has 98 valence electrons. The van der Waals surface area contributed by atoms with E-state index in [0.717, 1.165) is 5.69 Å². The Hall–Kier alpha value is -1.66. The predicted molar refractivity (Wildman–Crippen MR) is 66.9 cm³/mol. The predicted octanol–water partition coefficient (Wildman–Crippen LogP) is 1.73. The van der Waals surface area contributed by atoms with Crippen molar-refractivity contribution < 1.29 is 14.4 Å².